The van der Waals surface area contributed by atoms with E-state index in [9.17, 15) is 4.79 Å². The first-order valence-corrected chi connectivity index (χ1v) is 7.99. The monoisotopic (exact) mass is 401 g/mol. The summed E-state index contributed by atoms with van der Waals surface area (Å²) in [5.41, 5.74) is 0.915. The summed E-state index contributed by atoms with van der Waals surface area (Å²) in [6.07, 6.45) is 2.15. The molecule has 144 valence electrons. The molecule has 1 aromatic carbocycles. The number of nitrogens with zero attached hydrogens (tertiary/aromatic N) is 1. The van der Waals surface area contributed by atoms with Gasteiger partial charge in [-0.1, -0.05) is 18.2 Å². The second-order valence-corrected chi connectivity index (χ2v) is 5.12. The SMILES string of the molecule is CCOc1ccccc1Oc1ccc(CNC(=O)CCNC)cn1.Cl.Cl. The van der Waals surface area contributed by atoms with Crippen molar-refractivity contribution in [2.75, 3.05) is 20.2 Å². The summed E-state index contributed by atoms with van der Waals surface area (Å²) in [7, 11) is 1.82. The van der Waals surface area contributed by atoms with Crippen LogP contribution in [0.15, 0.2) is 42.6 Å². The molecule has 0 fully saturated rings. The van der Waals surface area contributed by atoms with Gasteiger partial charge < -0.3 is 20.1 Å². The molecule has 0 spiro atoms. The number of carbonyl (C=O) groups is 1. The first-order valence-electron chi connectivity index (χ1n) is 7.99. The minimum Gasteiger partial charge on any atom is -0.490 e. The van der Waals surface area contributed by atoms with Gasteiger partial charge in [-0.25, -0.2) is 4.98 Å². The molecule has 0 saturated heterocycles. The number of ether oxygens (including phenoxy) is 2. The lowest BCUT2D eigenvalue weighted by molar-refractivity contribution is -0.121. The number of aromatic nitrogens is 1. The standard InChI is InChI=1S/C18H23N3O3.2ClH/c1-3-23-15-6-4-5-7-16(15)24-18-9-8-14(13-21-18)12-20-17(22)10-11-19-2;;/h4-9,13,19H,3,10-12H2,1-2H3,(H,20,22);2*1H. The average Bonchev–Trinajstić information content (AvgIpc) is 2.61. The van der Waals surface area contributed by atoms with Gasteiger partial charge in [0.1, 0.15) is 0 Å². The number of hydrogen-bond donors (Lipinski definition) is 2. The lowest BCUT2D eigenvalue weighted by atomic mass is 10.2. The molecule has 0 aliphatic heterocycles. The van der Waals surface area contributed by atoms with E-state index in [4.69, 9.17) is 9.47 Å². The Bertz CT molecular complexity index is 654. The van der Waals surface area contributed by atoms with Crippen LogP contribution in [0.1, 0.15) is 18.9 Å². The van der Waals surface area contributed by atoms with E-state index < -0.39 is 0 Å². The number of carbonyl (C=O) groups excluding carboxylic acids is 1. The molecule has 0 bridgehead atoms. The molecule has 1 aromatic heterocycles. The quantitative estimate of drug-likeness (QED) is 0.673. The molecule has 0 atom stereocenters. The normalized spacial score (nSPS) is 9.46. The predicted molar refractivity (Wildman–Crippen MR) is 107 cm³/mol. The number of amides is 1. The molecule has 1 heterocycles. The highest BCUT2D eigenvalue weighted by molar-refractivity contribution is 5.85. The Balaban J connectivity index is 0.00000312. The lowest BCUT2D eigenvalue weighted by Crippen LogP contribution is -2.26. The molecule has 2 rings (SSSR count). The van der Waals surface area contributed by atoms with Gasteiger partial charge in [0.05, 0.1) is 6.61 Å². The van der Waals surface area contributed by atoms with Crippen molar-refractivity contribution in [3.05, 3.63) is 48.2 Å². The van der Waals surface area contributed by atoms with E-state index in [1.165, 1.54) is 0 Å². The van der Waals surface area contributed by atoms with Crippen molar-refractivity contribution in [1.29, 1.82) is 0 Å². The van der Waals surface area contributed by atoms with Gasteiger partial charge in [0.15, 0.2) is 11.5 Å². The number of nitrogens with one attached hydrogen (secondary N) is 2. The number of benzene rings is 1. The van der Waals surface area contributed by atoms with Gasteiger partial charge in [-0.2, -0.15) is 0 Å². The molecule has 0 aliphatic carbocycles. The Morgan fingerprint density at radius 3 is 2.46 bits per heavy atom. The van der Waals surface area contributed by atoms with Crippen LogP contribution in [-0.2, 0) is 11.3 Å². The van der Waals surface area contributed by atoms with Crippen LogP contribution >= 0.6 is 24.8 Å². The maximum absolute atomic E-state index is 11.6. The maximum Gasteiger partial charge on any atom is 0.221 e. The summed E-state index contributed by atoms with van der Waals surface area (Å²) in [5.74, 6) is 1.80. The minimum absolute atomic E-state index is 0. The maximum atomic E-state index is 11.6. The Morgan fingerprint density at radius 2 is 1.85 bits per heavy atom. The van der Waals surface area contributed by atoms with Crippen molar-refractivity contribution in [1.82, 2.24) is 15.6 Å². The highest BCUT2D eigenvalue weighted by Crippen LogP contribution is 2.30. The van der Waals surface area contributed by atoms with E-state index >= 15 is 0 Å². The molecule has 0 unspecified atom stereocenters. The second kappa shape index (κ2) is 13.2. The van der Waals surface area contributed by atoms with Crippen LogP contribution in [0, 0.1) is 0 Å². The van der Waals surface area contributed by atoms with Crippen molar-refractivity contribution < 1.29 is 14.3 Å². The van der Waals surface area contributed by atoms with Crippen LogP contribution in [-0.4, -0.2) is 31.1 Å². The van der Waals surface area contributed by atoms with Crippen LogP contribution in [0.25, 0.3) is 0 Å². The van der Waals surface area contributed by atoms with Crippen molar-refractivity contribution in [3.8, 4) is 17.4 Å². The van der Waals surface area contributed by atoms with E-state index in [1.807, 2.05) is 44.3 Å². The number of hydrogen-bond acceptors (Lipinski definition) is 5. The van der Waals surface area contributed by atoms with E-state index in [0.29, 0.717) is 43.5 Å². The smallest absolute Gasteiger partial charge is 0.221 e. The summed E-state index contributed by atoms with van der Waals surface area (Å²) in [6, 6.07) is 11.1. The highest BCUT2D eigenvalue weighted by atomic mass is 35.5. The Kier molecular flexibility index (Phi) is 12.2. The van der Waals surface area contributed by atoms with Crippen LogP contribution in [0.3, 0.4) is 0 Å². The third-order valence-electron chi connectivity index (χ3n) is 3.25. The van der Waals surface area contributed by atoms with Crippen LogP contribution in [0.4, 0.5) is 0 Å². The fourth-order valence-corrected chi connectivity index (χ4v) is 2.03. The Labute approximate surface area is 166 Å². The van der Waals surface area contributed by atoms with Crippen molar-refractivity contribution >= 4 is 30.7 Å². The summed E-state index contributed by atoms with van der Waals surface area (Å²) >= 11 is 0. The molecular formula is C18H25Cl2N3O3. The number of para-hydroxylation sites is 2. The van der Waals surface area contributed by atoms with Crippen molar-refractivity contribution in [2.45, 2.75) is 19.9 Å². The molecule has 1 amide bonds. The minimum atomic E-state index is 0. The molecule has 2 N–H and O–H groups in total. The van der Waals surface area contributed by atoms with Crippen LogP contribution < -0.4 is 20.1 Å². The number of halogens is 2. The molecule has 0 saturated carbocycles. The van der Waals surface area contributed by atoms with Crippen molar-refractivity contribution in [3.63, 3.8) is 0 Å². The molecule has 8 heteroatoms. The fourth-order valence-electron chi connectivity index (χ4n) is 2.03. The molecule has 0 aliphatic rings. The highest BCUT2D eigenvalue weighted by Gasteiger charge is 2.06. The first kappa shape index (κ1) is 24.0. The van der Waals surface area contributed by atoms with Gasteiger partial charge >= 0.3 is 0 Å². The van der Waals surface area contributed by atoms with Gasteiger partial charge in [-0.3, -0.25) is 4.79 Å². The van der Waals surface area contributed by atoms with Gasteiger partial charge in [0, 0.05) is 31.8 Å². The van der Waals surface area contributed by atoms with Crippen LogP contribution in [0.2, 0.25) is 0 Å². The molecule has 26 heavy (non-hydrogen) atoms. The topological polar surface area (TPSA) is 72.5 Å². The number of pyridine rings is 1. The zero-order chi connectivity index (χ0) is 17.2. The van der Waals surface area contributed by atoms with E-state index in [0.717, 1.165) is 5.56 Å². The van der Waals surface area contributed by atoms with E-state index in [2.05, 4.69) is 15.6 Å². The lowest BCUT2D eigenvalue weighted by Gasteiger charge is -2.11. The fraction of sp³-hybridized carbons (Fsp3) is 0.333. The van der Waals surface area contributed by atoms with Gasteiger partial charge in [-0.15, -0.1) is 24.8 Å². The van der Waals surface area contributed by atoms with E-state index in [-0.39, 0.29) is 30.7 Å². The Morgan fingerprint density at radius 1 is 1.12 bits per heavy atom. The van der Waals surface area contributed by atoms with E-state index in [1.54, 1.807) is 12.3 Å². The first-order chi connectivity index (χ1) is 11.7. The largest absolute Gasteiger partial charge is 0.490 e. The average molecular weight is 402 g/mol. The second-order valence-electron chi connectivity index (χ2n) is 5.12. The molecule has 2 aromatic rings. The molecule has 0 radical (unpaired) electrons. The third-order valence-corrected chi connectivity index (χ3v) is 3.25. The Hall–Kier alpha value is -2.02. The van der Waals surface area contributed by atoms with Crippen LogP contribution in [0.5, 0.6) is 17.4 Å². The van der Waals surface area contributed by atoms with Crippen molar-refractivity contribution in [2.24, 2.45) is 0 Å². The van der Waals surface area contributed by atoms with Gasteiger partial charge in [-0.05, 0) is 31.7 Å². The zero-order valence-corrected chi connectivity index (χ0v) is 16.5. The molecular weight excluding hydrogens is 377 g/mol. The summed E-state index contributed by atoms with van der Waals surface area (Å²) in [6.45, 7) is 3.61. The molecule has 6 nitrogen and oxygen atoms in total. The summed E-state index contributed by atoms with van der Waals surface area (Å²) in [4.78, 5) is 15.8. The van der Waals surface area contributed by atoms with Gasteiger partial charge in [0.25, 0.3) is 0 Å². The van der Waals surface area contributed by atoms with Gasteiger partial charge in [0.2, 0.25) is 11.8 Å². The third kappa shape index (κ3) is 7.91. The summed E-state index contributed by atoms with van der Waals surface area (Å²) < 4.78 is 11.3. The number of rotatable bonds is 9. The summed E-state index contributed by atoms with van der Waals surface area (Å²) in [5, 5.41) is 5.79. The zero-order valence-electron chi connectivity index (χ0n) is 14.9. The predicted octanol–water partition coefficient (Wildman–Crippen LogP) is 3.34.